The van der Waals surface area contributed by atoms with Crippen LogP contribution in [0.25, 0.3) is 0 Å². The van der Waals surface area contributed by atoms with E-state index < -0.39 is 35.9 Å². The van der Waals surface area contributed by atoms with Crippen LogP contribution in [-0.4, -0.2) is 41.0 Å². The molecule has 0 bridgehead atoms. The van der Waals surface area contributed by atoms with E-state index in [9.17, 15) is 14.4 Å². The molecule has 112 valence electrons. The van der Waals surface area contributed by atoms with Gasteiger partial charge in [-0.25, -0.2) is 9.59 Å². The molecule has 0 aromatic heterocycles. The zero-order valence-corrected chi connectivity index (χ0v) is 11.6. The fraction of sp³-hybridized carbons (Fsp3) is 0.231. The molecule has 0 radical (unpaired) electrons. The molecule has 0 saturated heterocycles. The van der Waals surface area contributed by atoms with Crippen LogP contribution in [0.2, 0.25) is 0 Å². The van der Waals surface area contributed by atoms with Crippen molar-refractivity contribution in [2.75, 3.05) is 12.5 Å². The summed E-state index contributed by atoms with van der Waals surface area (Å²) in [5, 5.41) is 11.8. The summed E-state index contributed by atoms with van der Waals surface area (Å²) in [6, 6.07) is 8.95. The zero-order chi connectivity index (χ0) is 15.7. The molecule has 0 fully saturated rings. The molecule has 1 rings (SSSR count). The summed E-state index contributed by atoms with van der Waals surface area (Å²) < 4.78 is 4.87. The Hall–Kier alpha value is -2.41. The van der Waals surface area contributed by atoms with E-state index in [1.807, 2.05) is 6.07 Å². The van der Waals surface area contributed by atoms with E-state index in [4.69, 9.17) is 21.4 Å². The number of benzene rings is 1. The van der Waals surface area contributed by atoms with Gasteiger partial charge in [0, 0.05) is 0 Å². The largest absolute Gasteiger partial charge is 0.476 e. The predicted octanol–water partition coefficient (Wildman–Crippen LogP) is 0.995. The molecule has 8 heteroatoms. The van der Waals surface area contributed by atoms with Crippen molar-refractivity contribution in [2.24, 2.45) is 5.16 Å². The Bertz CT molecular complexity index is 543. The molecule has 0 spiro atoms. The minimum Gasteiger partial charge on any atom is -0.476 e. The number of hydrogen-bond acceptors (Lipinski definition) is 6. The number of rotatable bonds is 8. The maximum atomic E-state index is 11.3. The van der Waals surface area contributed by atoms with Crippen molar-refractivity contribution < 1.29 is 29.1 Å². The molecule has 1 aromatic rings. The summed E-state index contributed by atoms with van der Waals surface area (Å²) in [5.74, 6) is -3.79. The number of alkyl halides is 1. The van der Waals surface area contributed by atoms with Gasteiger partial charge in [0.1, 0.15) is 6.61 Å². The molecule has 21 heavy (non-hydrogen) atoms. The average molecular weight is 314 g/mol. The van der Waals surface area contributed by atoms with E-state index in [-0.39, 0.29) is 6.61 Å². The van der Waals surface area contributed by atoms with E-state index in [0.29, 0.717) is 0 Å². The van der Waals surface area contributed by atoms with E-state index in [0.717, 1.165) is 5.56 Å². The molecule has 0 amide bonds. The SMILES string of the molecule is O=C(CON=C(C(=O)O)C(=O)CCl)OCc1ccccc1. The number of Topliss-reactive ketones (excluding diaryl/α,β-unsaturated/α-hetero) is 1. The number of carbonyl (C=O) groups excluding carboxylic acids is 2. The zero-order valence-electron chi connectivity index (χ0n) is 10.8. The van der Waals surface area contributed by atoms with Crippen LogP contribution in [0.1, 0.15) is 5.56 Å². The van der Waals surface area contributed by atoms with Crippen molar-refractivity contribution in [2.45, 2.75) is 6.61 Å². The standard InChI is InChI=1S/C13H12ClNO6/c14-6-10(16)12(13(18)19)15-21-8-11(17)20-7-9-4-2-1-3-5-9/h1-5H,6-8H2,(H,18,19). The summed E-state index contributed by atoms with van der Waals surface area (Å²) >= 11 is 5.21. The van der Waals surface area contributed by atoms with Gasteiger partial charge in [-0.15, -0.1) is 11.6 Å². The van der Waals surface area contributed by atoms with Gasteiger partial charge in [0.15, 0.2) is 0 Å². The Kier molecular flexibility index (Phi) is 6.90. The van der Waals surface area contributed by atoms with Gasteiger partial charge in [0.05, 0.1) is 5.88 Å². The predicted molar refractivity (Wildman–Crippen MR) is 73.0 cm³/mol. The minimum atomic E-state index is -1.58. The van der Waals surface area contributed by atoms with Crippen LogP contribution in [0.4, 0.5) is 0 Å². The Morgan fingerprint density at radius 2 is 1.86 bits per heavy atom. The highest BCUT2D eigenvalue weighted by molar-refractivity contribution is 6.67. The van der Waals surface area contributed by atoms with Gasteiger partial charge in [-0.1, -0.05) is 35.5 Å². The van der Waals surface area contributed by atoms with Crippen LogP contribution in [0, 0.1) is 0 Å². The van der Waals surface area contributed by atoms with Crippen LogP contribution in [-0.2, 0) is 30.6 Å². The van der Waals surface area contributed by atoms with Crippen LogP contribution in [0.5, 0.6) is 0 Å². The number of aliphatic carboxylic acids is 1. The maximum Gasteiger partial charge on any atom is 0.361 e. The summed E-state index contributed by atoms with van der Waals surface area (Å²) in [4.78, 5) is 37.6. The molecule has 0 aliphatic rings. The van der Waals surface area contributed by atoms with Crippen LogP contribution >= 0.6 is 11.6 Å². The number of halogens is 1. The number of carbonyl (C=O) groups is 3. The van der Waals surface area contributed by atoms with Crippen LogP contribution in [0.3, 0.4) is 0 Å². The number of oxime groups is 1. The fourth-order valence-electron chi connectivity index (χ4n) is 1.20. The third kappa shape index (κ3) is 6.05. The first-order valence-electron chi connectivity index (χ1n) is 5.76. The summed E-state index contributed by atoms with van der Waals surface area (Å²) in [5.41, 5.74) is -0.0845. The topological polar surface area (TPSA) is 102 Å². The average Bonchev–Trinajstić information content (AvgIpc) is 2.49. The van der Waals surface area contributed by atoms with Crippen molar-refractivity contribution in [3.05, 3.63) is 35.9 Å². The van der Waals surface area contributed by atoms with E-state index in [2.05, 4.69) is 9.99 Å². The molecule has 0 aliphatic carbocycles. The molecule has 0 heterocycles. The smallest absolute Gasteiger partial charge is 0.361 e. The molecular weight excluding hydrogens is 302 g/mol. The van der Waals surface area contributed by atoms with E-state index >= 15 is 0 Å². The molecular formula is C13H12ClNO6. The van der Waals surface area contributed by atoms with Crippen LogP contribution < -0.4 is 0 Å². The second-order valence-corrected chi connectivity index (χ2v) is 3.99. The van der Waals surface area contributed by atoms with Crippen molar-refractivity contribution in [3.63, 3.8) is 0 Å². The summed E-state index contributed by atoms with van der Waals surface area (Å²) in [6.45, 7) is -0.557. The lowest BCUT2D eigenvalue weighted by molar-refractivity contribution is -0.150. The molecule has 0 saturated carbocycles. The number of ether oxygens (including phenoxy) is 1. The molecule has 1 aromatic carbocycles. The monoisotopic (exact) mass is 313 g/mol. The quantitative estimate of drug-likeness (QED) is 0.252. The van der Waals surface area contributed by atoms with Crippen molar-refractivity contribution >= 4 is 35.0 Å². The van der Waals surface area contributed by atoms with Crippen molar-refractivity contribution in [1.82, 2.24) is 0 Å². The van der Waals surface area contributed by atoms with Gasteiger partial charge in [-0.2, -0.15) is 0 Å². The Morgan fingerprint density at radius 3 is 2.43 bits per heavy atom. The number of nitrogens with zero attached hydrogens (tertiary/aromatic N) is 1. The van der Waals surface area contributed by atoms with Crippen molar-refractivity contribution in [3.8, 4) is 0 Å². The van der Waals surface area contributed by atoms with Gasteiger partial charge >= 0.3 is 11.9 Å². The molecule has 0 aliphatic heterocycles. The number of esters is 1. The van der Waals surface area contributed by atoms with Crippen LogP contribution in [0.15, 0.2) is 35.5 Å². The van der Waals surface area contributed by atoms with Gasteiger partial charge in [-0.3, -0.25) is 4.79 Å². The summed E-state index contributed by atoms with van der Waals surface area (Å²) in [6.07, 6.45) is 0. The second-order valence-electron chi connectivity index (χ2n) is 3.72. The Labute approximate surface area is 125 Å². The Morgan fingerprint density at radius 1 is 1.19 bits per heavy atom. The van der Waals surface area contributed by atoms with Gasteiger partial charge in [-0.05, 0) is 5.56 Å². The normalized spacial score (nSPS) is 10.8. The lowest BCUT2D eigenvalue weighted by atomic mass is 10.2. The molecule has 7 nitrogen and oxygen atoms in total. The highest BCUT2D eigenvalue weighted by atomic mass is 35.5. The van der Waals surface area contributed by atoms with Gasteiger partial charge in [0.2, 0.25) is 18.1 Å². The number of carboxylic acids is 1. The third-order valence-electron chi connectivity index (χ3n) is 2.17. The van der Waals surface area contributed by atoms with Gasteiger partial charge < -0.3 is 14.7 Å². The highest BCUT2D eigenvalue weighted by Crippen LogP contribution is 2.00. The Balaban J connectivity index is 2.42. The minimum absolute atomic E-state index is 0.0547. The van der Waals surface area contributed by atoms with E-state index in [1.165, 1.54) is 0 Å². The summed E-state index contributed by atoms with van der Waals surface area (Å²) in [7, 11) is 0. The first kappa shape index (κ1) is 16.6. The number of carboxylic acid groups (broad SMARTS) is 1. The first-order valence-corrected chi connectivity index (χ1v) is 6.30. The molecule has 0 unspecified atom stereocenters. The third-order valence-corrected chi connectivity index (χ3v) is 2.41. The second kappa shape index (κ2) is 8.70. The first-order chi connectivity index (χ1) is 10.0. The fourth-order valence-corrected chi connectivity index (χ4v) is 1.33. The van der Waals surface area contributed by atoms with Crippen molar-refractivity contribution in [1.29, 1.82) is 0 Å². The lowest BCUT2D eigenvalue weighted by Gasteiger charge is -2.04. The maximum absolute atomic E-state index is 11.3. The highest BCUT2D eigenvalue weighted by Gasteiger charge is 2.19. The number of ketones is 1. The van der Waals surface area contributed by atoms with Gasteiger partial charge in [0.25, 0.3) is 0 Å². The molecule has 1 N–H and O–H groups in total. The lowest BCUT2D eigenvalue weighted by Crippen LogP contribution is -2.25. The molecule has 0 atom stereocenters. The van der Waals surface area contributed by atoms with E-state index in [1.54, 1.807) is 24.3 Å². The number of hydrogen-bond donors (Lipinski definition) is 1.